The molecule has 1 aliphatic carbocycles. The maximum Gasteiger partial charge on any atom is 0.273 e. The molecule has 0 saturated carbocycles. The summed E-state index contributed by atoms with van der Waals surface area (Å²) in [5, 5.41) is 2.61. The Morgan fingerprint density at radius 2 is 2.09 bits per heavy atom. The fraction of sp³-hybridized carbons (Fsp3) is 0.353. The number of H-pyrrole nitrogens is 1. The number of halogens is 1. The molecule has 0 aromatic carbocycles. The molecule has 3 rings (SSSR count). The lowest BCUT2D eigenvalue weighted by atomic mass is 9.75. The highest BCUT2D eigenvalue weighted by Gasteiger charge is 2.35. The average Bonchev–Trinajstić information content (AvgIpc) is 2.77. The first-order chi connectivity index (χ1) is 10.8. The SMILES string of the molecule is Cc1c(C(=O)Nc2ccc(F)cn2)[nH]c2c1C(=O)CC(C)(C)C2. The van der Waals surface area contributed by atoms with Crippen LogP contribution in [0.1, 0.15) is 52.4 Å². The number of amides is 1. The van der Waals surface area contributed by atoms with Gasteiger partial charge in [-0.2, -0.15) is 0 Å². The second-order valence-electron chi connectivity index (χ2n) is 6.74. The Kier molecular flexibility index (Phi) is 3.55. The van der Waals surface area contributed by atoms with Crippen LogP contribution < -0.4 is 5.32 Å². The second kappa shape index (κ2) is 5.30. The van der Waals surface area contributed by atoms with Crippen molar-refractivity contribution in [3.63, 3.8) is 0 Å². The van der Waals surface area contributed by atoms with E-state index in [-0.39, 0.29) is 22.9 Å². The molecule has 2 N–H and O–H groups in total. The van der Waals surface area contributed by atoms with Crippen molar-refractivity contribution in [3.8, 4) is 0 Å². The van der Waals surface area contributed by atoms with Gasteiger partial charge in [-0.05, 0) is 36.5 Å². The standard InChI is InChI=1S/C17H18FN3O2/c1-9-14-11(6-17(2,3)7-12(14)22)20-15(9)16(23)21-13-5-4-10(18)8-19-13/h4-5,8,20H,6-7H2,1-3H3,(H,19,21,23). The third kappa shape index (κ3) is 2.88. The van der Waals surface area contributed by atoms with Crippen LogP contribution in [0.4, 0.5) is 10.2 Å². The molecular weight excluding hydrogens is 297 g/mol. The quantitative estimate of drug-likeness (QED) is 0.893. The van der Waals surface area contributed by atoms with E-state index in [4.69, 9.17) is 0 Å². The van der Waals surface area contributed by atoms with Gasteiger partial charge in [0.1, 0.15) is 17.3 Å². The number of aromatic amines is 1. The average molecular weight is 315 g/mol. The summed E-state index contributed by atoms with van der Waals surface area (Å²) >= 11 is 0. The second-order valence-corrected chi connectivity index (χ2v) is 6.74. The smallest absolute Gasteiger partial charge is 0.273 e. The van der Waals surface area contributed by atoms with Gasteiger partial charge in [0.25, 0.3) is 5.91 Å². The van der Waals surface area contributed by atoms with Crippen molar-refractivity contribution < 1.29 is 14.0 Å². The van der Waals surface area contributed by atoms with E-state index in [2.05, 4.69) is 15.3 Å². The molecule has 0 fully saturated rings. The molecular formula is C17H18FN3O2. The van der Waals surface area contributed by atoms with Crippen LogP contribution in [-0.2, 0) is 6.42 Å². The van der Waals surface area contributed by atoms with Gasteiger partial charge in [0.15, 0.2) is 5.78 Å². The summed E-state index contributed by atoms with van der Waals surface area (Å²) < 4.78 is 12.9. The molecule has 2 heterocycles. The van der Waals surface area contributed by atoms with Gasteiger partial charge in [0.2, 0.25) is 0 Å². The molecule has 1 amide bonds. The van der Waals surface area contributed by atoms with E-state index < -0.39 is 5.82 Å². The highest BCUT2D eigenvalue weighted by atomic mass is 19.1. The zero-order valence-corrected chi connectivity index (χ0v) is 13.3. The summed E-state index contributed by atoms with van der Waals surface area (Å²) in [6.45, 7) is 5.83. The van der Waals surface area contributed by atoms with Crippen molar-refractivity contribution in [1.82, 2.24) is 9.97 Å². The van der Waals surface area contributed by atoms with Gasteiger partial charge in [0, 0.05) is 17.7 Å². The van der Waals surface area contributed by atoms with Crippen LogP contribution in [-0.4, -0.2) is 21.7 Å². The zero-order valence-electron chi connectivity index (χ0n) is 13.3. The van der Waals surface area contributed by atoms with E-state index in [0.29, 0.717) is 23.2 Å². The summed E-state index contributed by atoms with van der Waals surface area (Å²) in [6.07, 6.45) is 2.23. The Bertz CT molecular complexity index is 791. The van der Waals surface area contributed by atoms with E-state index in [1.165, 1.54) is 12.1 Å². The van der Waals surface area contributed by atoms with Gasteiger partial charge in [-0.25, -0.2) is 9.37 Å². The molecule has 0 spiro atoms. The molecule has 2 aromatic rings. The molecule has 0 unspecified atom stereocenters. The predicted octanol–water partition coefficient (Wildman–Crippen LogP) is 3.26. The van der Waals surface area contributed by atoms with Crippen molar-refractivity contribution in [2.75, 3.05) is 5.32 Å². The van der Waals surface area contributed by atoms with Gasteiger partial charge < -0.3 is 10.3 Å². The minimum absolute atomic E-state index is 0.0592. The van der Waals surface area contributed by atoms with E-state index in [1.807, 2.05) is 13.8 Å². The Morgan fingerprint density at radius 1 is 1.35 bits per heavy atom. The highest BCUT2D eigenvalue weighted by Crippen LogP contribution is 2.36. The zero-order chi connectivity index (χ0) is 16.8. The van der Waals surface area contributed by atoms with Crippen LogP contribution in [0, 0.1) is 18.2 Å². The lowest BCUT2D eigenvalue weighted by Gasteiger charge is -2.28. The van der Waals surface area contributed by atoms with Crippen molar-refractivity contribution in [2.24, 2.45) is 5.41 Å². The van der Waals surface area contributed by atoms with E-state index in [1.54, 1.807) is 6.92 Å². The van der Waals surface area contributed by atoms with E-state index in [9.17, 15) is 14.0 Å². The molecule has 23 heavy (non-hydrogen) atoms. The molecule has 0 atom stereocenters. The number of carbonyl (C=O) groups is 2. The molecule has 0 bridgehead atoms. The summed E-state index contributed by atoms with van der Waals surface area (Å²) in [4.78, 5) is 31.7. The number of nitrogens with zero attached hydrogens (tertiary/aromatic N) is 1. The number of hydrogen-bond donors (Lipinski definition) is 2. The lowest BCUT2D eigenvalue weighted by molar-refractivity contribution is 0.0910. The number of ketones is 1. The maximum atomic E-state index is 12.9. The van der Waals surface area contributed by atoms with E-state index in [0.717, 1.165) is 18.3 Å². The predicted molar refractivity (Wildman–Crippen MR) is 84.1 cm³/mol. The summed E-state index contributed by atoms with van der Waals surface area (Å²) in [5.41, 5.74) is 2.32. The monoisotopic (exact) mass is 315 g/mol. The molecule has 6 heteroatoms. The third-order valence-corrected chi connectivity index (χ3v) is 4.10. The summed E-state index contributed by atoms with van der Waals surface area (Å²) in [7, 11) is 0. The minimum atomic E-state index is -0.470. The van der Waals surface area contributed by atoms with Crippen LogP contribution in [0.25, 0.3) is 0 Å². The van der Waals surface area contributed by atoms with Crippen molar-refractivity contribution in [3.05, 3.63) is 46.7 Å². The Hall–Kier alpha value is -2.50. The fourth-order valence-corrected chi connectivity index (χ4v) is 3.09. The number of pyridine rings is 1. The molecule has 0 radical (unpaired) electrons. The number of rotatable bonds is 2. The number of nitrogens with one attached hydrogen (secondary N) is 2. The van der Waals surface area contributed by atoms with Gasteiger partial charge in [0.05, 0.1) is 6.20 Å². The van der Waals surface area contributed by atoms with Crippen LogP contribution in [0.3, 0.4) is 0 Å². The Morgan fingerprint density at radius 3 is 2.74 bits per heavy atom. The molecule has 0 aliphatic heterocycles. The summed E-state index contributed by atoms with van der Waals surface area (Å²) in [6, 6.07) is 2.61. The number of fused-ring (bicyclic) bond motifs is 1. The Balaban J connectivity index is 1.91. The number of hydrogen-bond acceptors (Lipinski definition) is 3. The topological polar surface area (TPSA) is 74.8 Å². The van der Waals surface area contributed by atoms with Crippen LogP contribution in [0.5, 0.6) is 0 Å². The fourth-order valence-electron chi connectivity index (χ4n) is 3.09. The van der Waals surface area contributed by atoms with Gasteiger partial charge in [-0.3, -0.25) is 9.59 Å². The Labute approximate surface area is 133 Å². The van der Waals surface area contributed by atoms with Crippen LogP contribution in [0.2, 0.25) is 0 Å². The molecule has 1 aliphatic rings. The number of aromatic nitrogens is 2. The molecule has 5 nitrogen and oxygen atoms in total. The molecule has 120 valence electrons. The van der Waals surface area contributed by atoms with Crippen molar-refractivity contribution in [1.29, 1.82) is 0 Å². The summed E-state index contributed by atoms with van der Waals surface area (Å²) in [5.74, 6) is -0.539. The third-order valence-electron chi connectivity index (χ3n) is 4.10. The largest absolute Gasteiger partial charge is 0.354 e. The number of Topliss-reactive ketones (excluding diaryl/α,β-unsaturated/α-hetero) is 1. The van der Waals surface area contributed by atoms with Gasteiger partial charge in [-0.15, -0.1) is 0 Å². The normalized spacial score (nSPS) is 16.1. The molecule has 2 aromatic heterocycles. The van der Waals surface area contributed by atoms with Gasteiger partial charge >= 0.3 is 0 Å². The number of anilines is 1. The lowest BCUT2D eigenvalue weighted by Crippen LogP contribution is -2.26. The maximum absolute atomic E-state index is 12.9. The van der Waals surface area contributed by atoms with E-state index >= 15 is 0 Å². The first-order valence-corrected chi connectivity index (χ1v) is 7.44. The minimum Gasteiger partial charge on any atom is -0.354 e. The first-order valence-electron chi connectivity index (χ1n) is 7.44. The van der Waals surface area contributed by atoms with Crippen molar-refractivity contribution >= 4 is 17.5 Å². The van der Waals surface area contributed by atoms with Crippen molar-refractivity contribution in [2.45, 2.75) is 33.6 Å². The first kappa shape index (κ1) is 15.4. The molecule has 0 saturated heterocycles. The number of carbonyl (C=O) groups excluding carboxylic acids is 2. The highest BCUT2D eigenvalue weighted by molar-refractivity contribution is 6.08. The van der Waals surface area contributed by atoms with Crippen LogP contribution >= 0.6 is 0 Å². The van der Waals surface area contributed by atoms with Gasteiger partial charge in [-0.1, -0.05) is 13.8 Å². The van der Waals surface area contributed by atoms with Crippen LogP contribution in [0.15, 0.2) is 18.3 Å².